The third-order valence-corrected chi connectivity index (χ3v) is 2.99. The van der Waals surface area contributed by atoms with Gasteiger partial charge in [-0.05, 0) is 36.8 Å². The Balaban J connectivity index is 2.99. The van der Waals surface area contributed by atoms with Gasteiger partial charge in [0.15, 0.2) is 0 Å². The van der Waals surface area contributed by atoms with Crippen molar-refractivity contribution in [1.29, 1.82) is 0 Å². The molecule has 0 aliphatic rings. The molecule has 1 aromatic rings. The monoisotopic (exact) mass is 202 g/mol. The van der Waals surface area contributed by atoms with Crippen LogP contribution in [-0.4, -0.2) is 0 Å². The van der Waals surface area contributed by atoms with E-state index in [1.54, 1.807) is 0 Å². The lowest BCUT2D eigenvalue weighted by Gasteiger charge is -2.19. The van der Waals surface area contributed by atoms with Gasteiger partial charge in [0, 0.05) is 0 Å². The number of rotatable bonds is 3. The normalized spacial score (nSPS) is 13.0. The zero-order valence-electron chi connectivity index (χ0n) is 10.6. The SMILES string of the molecule is CCC(C)(C)/C=C(/C)c1cccc(C)c1. The fraction of sp³-hybridized carbons (Fsp3) is 0.467. The van der Waals surface area contributed by atoms with Crippen molar-refractivity contribution in [3.05, 3.63) is 41.5 Å². The Labute approximate surface area is 94.0 Å². The minimum atomic E-state index is 0.299. The molecule has 0 bridgehead atoms. The molecule has 0 N–H and O–H groups in total. The summed E-state index contributed by atoms with van der Waals surface area (Å²) in [6.07, 6.45) is 3.55. The summed E-state index contributed by atoms with van der Waals surface area (Å²) in [7, 11) is 0. The highest BCUT2D eigenvalue weighted by Crippen LogP contribution is 2.27. The van der Waals surface area contributed by atoms with Crippen LogP contribution in [0.1, 0.15) is 45.2 Å². The van der Waals surface area contributed by atoms with Crippen molar-refractivity contribution in [1.82, 2.24) is 0 Å². The van der Waals surface area contributed by atoms with Gasteiger partial charge in [0.05, 0.1) is 0 Å². The molecule has 0 unspecified atom stereocenters. The van der Waals surface area contributed by atoms with E-state index in [0.717, 1.165) is 0 Å². The first kappa shape index (κ1) is 12.0. The third-order valence-electron chi connectivity index (χ3n) is 2.99. The van der Waals surface area contributed by atoms with E-state index in [2.05, 4.69) is 65.0 Å². The minimum Gasteiger partial charge on any atom is -0.0753 e. The van der Waals surface area contributed by atoms with Crippen molar-refractivity contribution in [2.75, 3.05) is 0 Å². The Hall–Kier alpha value is -1.04. The summed E-state index contributed by atoms with van der Waals surface area (Å²) in [5.74, 6) is 0. The van der Waals surface area contributed by atoms with Gasteiger partial charge in [0.1, 0.15) is 0 Å². The maximum absolute atomic E-state index is 2.38. The second-order valence-corrected chi connectivity index (χ2v) is 5.04. The Kier molecular flexibility index (Phi) is 3.73. The highest BCUT2D eigenvalue weighted by molar-refractivity contribution is 5.64. The molecule has 0 saturated heterocycles. The van der Waals surface area contributed by atoms with E-state index < -0.39 is 0 Å². The van der Waals surface area contributed by atoms with Crippen LogP contribution in [0.2, 0.25) is 0 Å². The van der Waals surface area contributed by atoms with Gasteiger partial charge < -0.3 is 0 Å². The van der Waals surface area contributed by atoms with Crippen molar-refractivity contribution in [2.24, 2.45) is 5.41 Å². The molecule has 0 amide bonds. The van der Waals surface area contributed by atoms with Crippen LogP contribution in [-0.2, 0) is 0 Å². The van der Waals surface area contributed by atoms with E-state index >= 15 is 0 Å². The molecule has 0 aromatic heterocycles. The molecule has 0 radical (unpaired) electrons. The first-order valence-electron chi connectivity index (χ1n) is 5.71. The maximum atomic E-state index is 2.38. The summed E-state index contributed by atoms with van der Waals surface area (Å²) in [4.78, 5) is 0. The molecule has 0 spiro atoms. The van der Waals surface area contributed by atoms with Crippen molar-refractivity contribution in [3.63, 3.8) is 0 Å². The van der Waals surface area contributed by atoms with E-state index in [9.17, 15) is 0 Å². The van der Waals surface area contributed by atoms with Gasteiger partial charge in [-0.2, -0.15) is 0 Å². The second kappa shape index (κ2) is 4.65. The molecular formula is C15H22. The van der Waals surface area contributed by atoms with Crippen LogP contribution < -0.4 is 0 Å². The fourth-order valence-corrected chi connectivity index (χ4v) is 1.66. The van der Waals surface area contributed by atoms with E-state index in [4.69, 9.17) is 0 Å². The van der Waals surface area contributed by atoms with Crippen LogP contribution in [0, 0.1) is 12.3 Å². The zero-order chi connectivity index (χ0) is 11.5. The Morgan fingerprint density at radius 2 is 2.00 bits per heavy atom. The van der Waals surface area contributed by atoms with Crippen molar-refractivity contribution in [3.8, 4) is 0 Å². The van der Waals surface area contributed by atoms with Crippen LogP contribution in [0.3, 0.4) is 0 Å². The van der Waals surface area contributed by atoms with E-state index in [-0.39, 0.29) is 0 Å². The third kappa shape index (κ3) is 3.54. The Morgan fingerprint density at radius 3 is 2.53 bits per heavy atom. The van der Waals surface area contributed by atoms with Gasteiger partial charge >= 0.3 is 0 Å². The molecule has 0 heterocycles. The quantitative estimate of drug-likeness (QED) is 0.658. The Bertz CT molecular complexity index is 356. The first-order chi connectivity index (χ1) is 6.94. The van der Waals surface area contributed by atoms with Crippen LogP contribution in [0.25, 0.3) is 5.57 Å². The minimum absolute atomic E-state index is 0.299. The molecule has 0 nitrogen and oxygen atoms in total. The largest absolute Gasteiger partial charge is 0.0753 e. The average Bonchev–Trinajstić information content (AvgIpc) is 2.17. The maximum Gasteiger partial charge on any atom is -0.0172 e. The number of aryl methyl sites for hydroxylation is 1. The lowest BCUT2D eigenvalue weighted by Crippen LogP contribution is -2.05. The predicted molar refractivity (Wildman–Crippen MR) is 68.9 cm³/mol. The molecule has 0 fully saturated rings. The van der Waals surface area contributed by atoms with Gasteiger partial charge in [-0.1, -0.05) is 56.7 Å². The number of hydrogen-bond acceptors (Lipinski definition) is 0. The summed E-state index contributed by atoms with van der Waals surface area (Å²) in [5.41, 5.74) is 4.35. The number of hydrogen-bond donors (Lipinski definition) is 0. The van der Waals surface area contributed by atoms with Crippen LogP contribution in [0.5, 0.6) is 0 Å². The van der Waals surface area contributed by atoms with Crippen LogP contribution >= 0.6 is 0 Å². The number of benzene rings is 1. The molecule has 15 heavy (non-hydrogen) atoms. The lowest BCUT2D eigenvalue weighted by molar-refractivity contribution is 0.463. The highest BCUT2D eigenvalue weighted by atomic mass is 14.2. The molecule has 0 aliphatic heterocycles. The molecule has 0 aliphatic carbocycles. The van der Waals surface area contributed by atoms with Gasteiger partial charge in [0.25, 0.3) is 0 Å². The zero-order valence-corrected chi connectivity index (χ0v) is 10.6. The topological polar surface area (TPSA) is 0 Å². The summed E-state index contributed by atoms with van der Waals surface area (Å²) < 4.78 is 0. The van der Waals surface area contributed by atoms with Crippen LogP contribution in [0.4, 0.5) is 0 Å². The Morgan fingerprint density at radius 1 is 1.33 bits per heavy atom. The fourth-order valence-electron chi connectivity index (χ4n) is 1.66. The predicted octanol–water partition coefficient (Wildman–Crippen LogP) is 4.83. The van der Waals surface area contributed by atoms with Crippen molar-refractivity contribution < 1.29 is 0 Å². The average molecular weight is 202 g/mol. The smallest absolute Gasteiger partial charge is 0.0172 e. The first-order valence-corrected chi connectivity index (χ1v) is 5.71. The summed E-state index contributed by atoms with van der Waals surface area (Å²) in [6.45, 7) is 11.1. The second-order valence-electron chi connectivity index (χ2n) is 5.04. The summed E-state index contributed by atoms with van der Waals surface area (Å²) >= 11 is 0. The van der Waals surface area contributed by atoms with E-state index in [1.807, 2.05) is 0 Å². The summed E-state index contributed by atoms with van der Waals surface area (Å²) in [5, 5.41) is 0. The molecule has 0 atom stereocenters. The molecule has 82 valence electrons. The lowest BCUT2D eigenvalue weighted by atomic mass is 9.86. The van der Waals surface area contributed by atoms with Gasteiger partial charge in [-0.15, -0.1) is 0 Å². The highest BCUT2D eigenvalue weighted by Gasteiger charge is 2.11. The van der Waals surface area contributed by atoms with E-state index in [1.165, 1.54) is 23.1 Å². The molecule has 1 rings (SSSR count). The van der Waals surface area contributed by atoms with Crippen LogP contribution in [0.15, 0.2) is 30.3 Å². The number of allylic oxidation sites excluding steroid dienone is 2. The van der Waals surface area contributed by atoms with Gasteiger partial charge in [-0.3, -0.25) is 0 Å². The molecular weight excluding hydrogens is 180 g/mol. The van der Waals surface area contributed by atoms with Crippen molar-refractivity contribution in [2.45, 2.75) is 41.0 Å². The summed E-state index contributed by atoms with van der Waals surface area (Å²) in [6, 6.07) is 8.70. The molecule has 1 aromatic carbocycles. The van der Waals surface area contributed by atoms with Gasteiger partial charge in [-0.25, -0.2) is 0 Å². The van der Waals surface area contributed by atoms with Crippen molar-refractivity contribution >= 4 is 5.57 Å². The molecule has 0 saturated carbocycles. The standard InChI is InChI=1S/C15H22/c1-6-15(4,5)11-13(3)14-9-7-8-12(2)10-14/h7-11H,6H2,1-5H3/b13-11-. The van der Waals surface area contributed by atoms with Gasteiger partial charge in [0.2, 0.25) is 0 Å². The molecule has 0 heteroatoms. The van der Waals surface area contributed by atoms with E-state index in [0.29, 0.717) is 5.41 Å².